The van der Waals surface area contributed by atoms with Crippen molar-refractivity contribution in [3.8, 4) is 0 Å². The summed E-state index contributed by atoms with van der Waals surface area (Å²) in [5.74, 6) is 1.35. The van der Waals surface area contributed by atoms with Crippen LogP contribution in [0.4, 0.5) is 4.79 Å². The van der Waals surface area contributed by atoms with Crippen molar-refractivity contribution >= 4 is 29.3 Å². The summed E-state index contributed by atoms with van der Waals surface area (Å²) in [5, 5.41) is 13.1. The predicted molar refractivity (Wildman–Crippen MR) is 120 cm³/mol. The van der Waals surface area contributed by atoms with Gasteiger partial charge in [-0.25, -0.2) is 4.79 Å². The first-order valence-corrected chi connectivity index (χ1v) is 11.2. The molecular formula is C23H27Cl2N3O2. The van der Waals surface area contributed by atoms with Gasteiger partial charge < -0.3 is 15.3 Å². The first-order valence-electron chi connectivity index (χ1n) is 10.4. The molecule has 2 aromatic rings. The van der Waals surface area contributed by atoms with Gasteiger partial charge in [-0.05, 0) is 41.5 Å². The van der Waals surface area contributed by atoms with Crippen molar-refractivity contribution < 1.29 is 9.90 Å². The summed E-state index contributed by atoms with van der Waals surface area (Å²) in [7, 11) is 0. The molecule has 2 fully saturated rings. The zero-order valence-electron chi connectivity index (χ0n) is 16.8. The minimum atomic E-state index is -0.972. The van der Waals surface area contributed by atoms with Gasteiger partial charge in [-0.1, -0.05) is 59.6 Å². The Bertz CT molecular complexity index is 866. The molecule has 2 saturated heterocycles. The first kappa shape index (κ1) is 21.4. The topological polar surface area (TPSA) is 55.8 Å². The molecule has 0 bridgehead atoms. The summed E-state index contributed by atoms with van der Waals surface area (Å²) in [4.78, 5) is 16.2. The van der Waals surface area contributed by atoms with Gasteiger partial charge in [0.05, 0.1) is 16.1 Å². The Balaban J connectivity index is 1.27. The summed E-state index contributed by atoms with van der Waals surface area (Å²) >= 11 is 12.2. The number of rotatable bonds is 7. The number of nitrogens with zero attached hydrogens (tertiary/aromatic N) is 2. The van der Waals surface area contributed by atoms with E-state index in [1.165, 1.54) is 5.56 Å². The van der Waals surface area contributed by atoms with Gasteiger partial charge in [0.1, 0.15) is 0 Å². The zero-order chi connectivity index (χ0) is 21.1. The molecule has 1 amide bonds. The Morgan fingerprint density at radius 3 is 2.30 bits per heavy atom. The second kappa shape index (κ2) is 9.56. The van der Waals surface area contributed by atoms with Gasteiger partial charge in [0.25, 0.3) is 0 Å². The van der Waals surface area contributed by atoms with Crippen molar-refractivity contribution in [1.82, 2.24) is 15.1 Å². The Kier molecular flexibility index (Phi) is 6.84. The summed E-state index contributed by atoms with van der Waals surface area (Å²) in [6.07, 6.45) is -0.192. The maximum absolute atomic E-state index is 11.2. The summed E-state index contributed by atoms with van der Waals surface area (Å²) in [6, 6.07) is 15.5. The summed E-state index contributed by atoms with van der Waals surface area (Å²) in [5.41, 5.74) is 2.22. The smallest absolute Gasteiger partial charge is 0.405 e. The quantitative estimate of drug-likeness (QED) is 0.642. The average molecular weight is 448 g/mol. The van der Waals surface area contributed by atoms with Crippen LogP contribution < -0.4 is 5.32 Å². The molecule has 2 aliphatic heterocycles. The molecule has 5 nitrogen and oxygen atoms in total. The van der Waals surface area contributed by atoms with E-state index in [4.69, 9.17) is 23.2 Å². The van der Waals surface area contributed by atoms with Crippen molar-refractivity contribution in [1.29, 1.82) is 0 Å². The van der Waals surface area contributed by atoms with Crippen LogP contribution in [0.2, 0.25) is 10.0 Å². The number of hydrogen-bond acceptors (Lipinski definition) is 3. The van der Waals surface area contributed by atoms with E-state index in [1.807, 2.05) is 48.5 Å². The van der Waals surface area contributed by atoms with E-state index in [0.29, 0.717) is 21.9 Å². The maximum atomic E-state index is 11.2. The van der Waals surface area contributed by atoms with E-state index < -0.39 is 6.09 Å². The molecule has 2 aliphatic rings. The molecule has 0 aliphatic carbocycles. The maximum Gasteiger partial charge on any atom is 0.405 e. The van der Waals surface area contributed by atoms with Crippen LogP contribution >= 0.6 is 23.2 Å². The van der Waals surface area contributed by atoms with E-state index in [9.17, 15) is 9.90 Å². The normalized spacial score (nSPS) is 22.7. The van der Waals surface area contributed by atoms with Crippen LogP contribution in [0.1, 0.15) is 23.6 Å². The molecule has 2 N–H and O–H groups in total. The Hall–Kier alpha value is -1.79. The fourth-order valence-corrected chi connectivity index (χ4v) is 5.18. The van der Waals surface area contributed by atoms with Crippen LogP contribution in [-0.4, -0.2) is 53.7 Å². The molecular weight excluding hydrogens is 421 g/mol. The lowest BCUT2D eigenvalue weighted by atomic mass is 10.0. The molecule has 2 heterocycles. The number of halogens is 2. The van der Waals surface area contributed by atoms with Crippen molar-refractivity contribution in [2.75, 3.05) is 32.7 Å². The highest BCUT2D eigenvalue weighted by Gasteiger charge is 2.39. The summed E-state index contributed by atoms with van der Waals surface area (Å²) < 4.78 is 0. The van der Waals surface area contributed by atoms with Gasteiger partial charge in [0.2, 0.25) is 0 Å². The number of likely N-dealkylation sites (tertiary alicyclic amines) is 2. The predicted octanol–water partition coefficient (Wildman–Crippen LogP) is 4.76. The van der Waals surface area contributed by atoms with Crippen molar-refractivity contribution in [2.24, 2.45) is 11.8 Å². The lowest BCUT2D eigenvalue weighted by molar-refractivity contribution is 0.186. The molecule has 2 unspecified atom stereocenters. The summed E-state index contributed by atoms with van der Waals surface area (Å²) in [6.45, 7) is 6.16. The first-order chi connectivity index (χ1) is 14.5. The lowest BCUT2D eigenvalue weighted by Crippen LogP contribution is -2.33. The number of nitrogens with one attached hydrogen (secondary N) is 1. The largest absolute Gasteiger partial charge is 0.465 e. The fraction of sp³-hybridized carbons (Fsp3) is 0.435. The molecule has 30 heavy (non-hydrogen) atoms. The minimum Gasteiger partial charge on any atom is -0.465 e. The van der Waals surface area contributed by atoms with E-state index in [1.54, 1.807) is 0 Å². The van der Waals surface area contributed by atoms with Gasteiger partial charge in [-0.3, -0.25) is 4.90 Å². The highest BCUT2D eigenvalue weighted by Crippen LogP contribution is 2.33. The molecule has 2 aromatic carbocycles. The monoisotopic (exact) mass is 447 g/mol. The Morgan fingerprint density at radius 2 is 1.67 bits per heavy atom. The minimum absolute atomic E-state index is 0.171. The number of amides is 1. The van der Waals surface area contributed by atoms with Crippen LogP contribution in [0.25, 0.3) is 0 Å². The van der Waals surface area contributed by atoms with Gasteiger partial charge >= 0.3 is 6.09 Å². The molecule has 0 spiro atoms. The van der Waals surface area contributed by atoms with E-state index >= 15 is 0 Å². The van der Waals surface area contributed by atoms with Crippen LogP contribution in [-0.2, 0) is 6.54 Å². The molecule has 0 radical (unpaired) electrons. The van der Waals surface area contributed by atoms with Crippen LogP contribution in [0.15, 0.2) is 48.5 Å². The molecule has 0 saturated carbocycles. The molecule has 3 atom stereocenters. The third-order valence-electron chi connectivity index (χ3n) is 6.26. The highest BCUT2D eigenvalue weighted by molar-refractivity contribution is 6.42. The van der Waals surface area contributed by atoms with Crippen molar-refractivity contribution in [3.05, 3.63) is 69.7 Å². The van der Waals surface area contributed by atoms with E-state index in [0.717, 1.165) is 51.3 Å². The Labute approximate surface area is 187 Å². The molecule has 7 heteroatoms. The molecule has 4 rings (SSSR count). The van der Waals surface area contributed by atoms with Gasteiger partial charge in [0.15, 0.2) is 0 Å². The van der Waals surface area contributed by atoms with Gasteiger partial charge in [-0.2, -0.15) is 0 Å². The lowest BCUT2D eigenvalue weighted by Gasteiger charge is -2.24. The zero-order valence-corrected chi connectivity index (χ0v) is 18.3. The van der Waals surface area contributed by atoms with E-state index in [-0.39, 0.29) is 6.04 Å². The third-order valence-corrected chi connectivity index (χ3v) is 7.00. The van der Waals surface area contributed by atoms with Crippen LogP contribution in [0.5, 0.6) is 0 Å². The van der Waals surface area contributed by atoms with Crippen LogP contribution in [0.3, 0.4) is 0 Å². The number of benzene rings is 2. The molecule has 0 aromatic heterocycles. The third kappa shape index (κ3) is 5.27. The second-order valence-electron chi connectivity index (χ2n) is 8.42. The number of hydrogen-bond donors (Lipinski definition) is 2. The van der Waals surface area contributed by atoms with Gasteiger partial charge in [0, 0.05) is 39.3 Å². The number of carboxylic acid groups (broad SMARTS) is 1. The fourth-order valence-electron chi connectivity index (χ4n) is 4.86. The SMILES string of the molecule is O=C(O)NC(CCN1CC2CN(Cc3ccc(Cl)c(Cl)c3)C[C@@H]2C1)c1ccccc1. The average Bonchev–Trinajstić information content (AvgIpc) is 3.26. The standard InChI is InChI=1S/C23H27Cl2N3O2/c24-20-7-6-16(10-21(20)25)11-28-14-18-12-27(13-19(18)15-28)9-8-22(26-23(29)30)17-4-2-1-3-5-17/h1-7,10,18-19,22,26H,8-9,11-15H2,(H,29,30)/t18-,19?,22?/m0/s1. The van der Waals surface area contributed by atoms with E-state index in [2.05, 4.69) is 15.1 Å². The second-order valence-corrected chi connectivity index (χ2v) is 9.24. The number of carbonyl (C=O) groups is 1. The number of fused-ring (bicyclic) bond motifs is 1. The Morgan fingerprint density at radius 1 is 1.00 bits per heavy atom. The van der Waals surface area contributed by atoms with Crippen LogP contribution in [0, 0.1) is 11.8 Å². The van der Waals surface area contributed by atoms with Crippen molar-refractivity contribution in [2.45, 2.75) is 19.0 Å². The van der Waals surface area contributed by atoms with Crippen molar-refractivity contribution in [3.63, 3.8) is 0 Å². The van der Waals surface area contributed by atoms with Gasteiger partial charge in [-0.15, -0.1) is 0 Å². The highest BCUT2D eigenvalue weighted by atomic mass is 35.5. The molecule has 160 valence electrons.